The molecular weight excluding hydrogens is 529 g/mol. The van der Waals surface area contributed by atoms with Crippen LogP contribution in [0.25, 0.3) is 0 Å². The molecule has 1 N–H and O–H groups in total. The highest BCUT2D eigenvalue weighted by Gasteiger charge is 2.25. The summed E-state index contributed by atoms with van der Waals surface area (Å²) in [7, 11) is 1.93. The molecule has 0 amide bonds. The first-order chi connectivity index (χ1) is 15.5. The smallest absolute Gasteiger partial charge is 0.194 e. The molecule has 1 fully saturated rings. The normalized spacial score (nSPS) is 16.5. The maximum absolute atomic E-state index is 6.01. The van der Waals surface area contributed by atoms with E-state index in [1.165, 1.54) is 16.8 Å². The Labute approximate surface area is 213 Å². The minimum Gasteiger partial charge on any atom is -0.370 e. The zero-order valence-corrected chi connectivity index (χ0v) is 22.2. The lowest BCUT2D eigenvalue weighted by Crippen LogP contribution is -2.48. The van der Waals surface area contributed by atoms with Crippen LogP contribution in [0.5, 0.6) is 0 Å². The number of guanidine groups is 1. The fraction of sp³-hybridized carbons (Fsp3) is 0.458. The van der Waals surface area contributed by atoms with E-state index in [9.17, 15) is 0 Å². The van der Waals surface area contributed by atoms with Gasteiger partial charge in [-0.25, -0.2) is 4.99 Å². The van der Waals surface area contributed by atoms with Crippen LogP contribution in [0.1, 0.15) is 41.1 Å². The second-order valence-corrected chi connectivity index (χ2v) is 8.22. The molecule has 1 atom stereocenters. The van der Waals surface area contributed by atoms with E-state index in [1.54, 1.807) is 0 Å². The highest BCUT2D eigenvalue weighted by Crippen LogP contribution is 2.22. The Morgan fingerprint density at radius 2 is 2.03 bits per heavy atom. The van der Waals surface area contributed by atoms with Crippen LogP contribution in [0.2, 0.25) is 0 Å². The van der Waals surface area contributed by atoms with Crippen molar-refractivity contribution in [1.82, 2.24) is 29.8 Å². The van der Waals surface area contributed by atoms with Gasteiger partial charge in [0.15, 0.2) is 5.96 Å². The van der Waals surface area contributed by atoms with Crippen LogP contribution < -0.4 is 5.32 Å². The lowest BCUT2D eigenvalue weighted by molar-refractivity contribution is -0.00805. The summed E-state index contributed by atoms with van der Waals surface area (Å²) >= 11 is 0. The van der Waals surface area contributed by atoms with Gasteiger partial charge in [0, 0.05) is 43.2 Å². The van der Waals surface area contributed by atoms with Crippen molar-refractivity contribution in [2.24, 2.45) is 12.0 Å². The van der Waals surface area contributed by atoms with Crippen molar-refractivity contribution < 1.29 is 4.74 Å². The summed E-state index contributed by atoms with van der Waals surface area (Å²) in [5.41, 5.74) is 5.74. The van der Waals surface area contributed by atoms with E-state index in [-0.39, 0.29) is 30.1 Å². The molecule has 4 rings (SSSR count). The summed E-state index contributed by atoms with van der Waals surface area (Å²) in [5, 5.41) is 12.5. The Morgan fingerprint density at radius 3 is 2.73 bits per heavy atom. The second-order valence-electron chi connectivity index (χ2n) is 8.22. The molecule has 0 aliphatic carbocycles. The van der Waals surface area contributed by atoms with Gasteiger partial charge in [-0.3, -0.25) is 9.36 Å². The van der Waals surface area contributed by atoms with Crippen molar-refractivity contribution >= 4 is 29.9 Å². The number of nitrogens with zero attached hydrogens (tertiary/aromatic N) is 6. The monoisotopic (exact) mass is 563 g/mol. The van der Waals surface area contributed by atoms with Gasteiger partial charge in [-0.1, -0.05) is 30.3 Å². The largest absolute Gasteiger partial charge is 0.370 e. The Hall–Kier alpha value is -2.40. The standard InChI is InChI=1S/C24H33N7O.HI/c1-5-25-24(30-11-12-32-23(17-30)21-13-27-29(4)16-21)26-14-22-18(2)28-31(19(22)3)15-20-9-7-6-8-10-20;/h6-10,13,16,23H,5,11-12,14-15,17H2,1-4H3,(H,25,26);1H. The van der Waals surface area contributed by atoms with E-state index in [0.717, 1.165) is 43.4 Å². The molecule has 1 aliphatic heterocycles. The minimum atomic E-state index is -0.00148. The number of rotatable bonds is 6. The van der Waals surface area contributed by atoms with Crippen LogP contribution >= 0.6 is 24.0 Å². The van der Waals surface area contributed by atoms with E-state index >= 15 is 0 Å². The fourth-order valence-corrected chi connectivity index (χ4v) is 4.10. The summed E-state index contributed by atoms with van der Waals surface area (Å²) in [5.74, 6) is 0.916. The Morgan fingerprint density at radius 1 is 1.24 bits per heavy atom. The number of benzene rings is 1. The maximum Gasteiger partial charge on any atom is 0.194 e. The molecule has 0 bridgehead atoms. The van der Waals surface area contributed by atoms with Crippen molar-refractivity contribution in [1.29, 1.82) is 0 Å². The third-order valence-corrected chi connectivity index (χ3v) is 5.89. The number of aromatic nitrogens is 4. The van der Waals surface area contributed by atoms with Gasteiger partial charge in [0.1, 0.15) is 6.10 Å². The van der Waals surface area contributed by atoms with Crippen LogP contribution in [0.3, 0.4) is 0 Å². The molecule has 9 heteroatoms. The van der Waals surface area contributed by atoms with Crippen molar-refractivity contribution in [2.45, 2.75) is 40.0 Å². The van der Waals surface area contributed by atoms with Crippen LogP contribution in [-0.2, 0) is 24.9 Å². The molecule has 178 valence electrons. The van der Waals surface area contributed by atoms with E-state index in [1.807, 2.05) is 30.2 Å². The summed E-state index contributed by atoms with van der Waals surface area (Å²) in [4.78, 5) is 7.27. The number of hydrogen-bond acceptors (Lipinski definition) is 4. The number of morpholine rings is 1. The molecule has 8 nitrogen and oxygen atoms in total. The van der Waals surface area contributed by atoms with Crippen molar-refractivity contribution in [3.63, 3.8) is 0 Å². The summed E-state index contributed by atoms with van der Waals surface area (Å²) < 4.78 is 9.90. The van der Waals surface area contributed by atoms with Gasteiger partial charge in [0.2, 0.25) is 0 Å². The van der Waals surface area contributed by atoms with Gasteiger partial charge >= 0.3 is 0 Å². The number of aryl methyl sites for hydroxylation is 2. The molecular formula is C24H34IN7O. The number of nitrogens with one attached hydrogen (secondary N) is 1. The van der Waals surface area contributed by atoms with E-state index < -0.39 is 0 Å². The summed E-state index contributed by atoms with van der Waals surface area (Å²) in [6, 6.07) is 10.4. The van der Waals surface area contributed by atoms with Crippen LogP contribution in [-0.4, -0.2) is 56.7 Å². The number of aliphatic imine (C=N–C) groups is 1. The number of halogens is 1. The predicted octanol–water partition coefficient (Wildman–Crippen LogP) is 3.44. The quantitative estimate of drug-likeness (QED) is 0.283. The van der Waals surface area contributed by atoms with Gasteiger partial charge in [0.05, 0.1) is 38.1 Å². The molecule has 1 unspecified atom stereocenters. The van der Waals surface area contributed by atoms with E-state index in [0.29, 0.717) is 13.2 Å². The Kier molecular flexibility index (Phi) is 8.90. The summed E-state index contributed by atoms with van der Waals surface area (Å²) in [6.07, 6.45) is 3.90. The van der Waals surface area contributed by atoms with Crippen LogP contribution in [0.15, 0.2) is 47.7 Å². The Bertz CT molecular complexity index is 1060. The zero-order chi connectivity index (χ0) is 22.5. The maximum atomic E-state index is 6.01. The lowest BCUT2D eigenvalue weighted by atomic mass is 10.1. The molecule has 0 radical (unpaired) electrons. The predicted molar refractivity (Wildman–Crippen MR) is 141 cm³/mol. The van der Waals surface area contributed by atoms with Crippen LogP contribution in [0.4, 0.5) is 0 Å². The van der Waals surface area contributed by atoms with Crippen molar-refractivity contribution in [3.05, 3.63) is 70.8 Å². The van der Waals surface area contributed by atoms with Crippen LogP contribution in [0, 0.1) is 13.8 Å². The number of hydrogen-bond donors (Lipinski definition) is 1. The zero-order valence-electron chi connectivity index (χ0n) is 19.9. The SMILES string of the molecule is CCNC(=NCc1c(C)nn(Cc2ccccc2)c1C)N1CCOC(c2cnn(C)c2)C1.I. The first-order valence-corrected chi connectivity index (χ1v) is 11.3. The van der Waals surface area contributed by atoms with Gasteiger partial charge < -0.3 is 15.0 Å². The van der Waals surface area contributed by atoms with Crippen molar-refractivity contribution in [2.75, 3.05) is 26.2 Å². The first-order valence-electron chi connectivity index (χ1n) is 11.3. The van der Waals surface area contributed by atoms with E-state index in [2.05, 4.69) is 65.0 Å². The second kappa shape index (κ2) is 11.6. The molecule has 33 heavy (non-hydrogen) atoms. The Balaban J connectivity index is 0.00000306. The van der Waals surface area contributed by atoms with Gasteiger partial charge in [0.25, 0.3) is 0 Å². The van der Waals surface area contributed by atoms with Crippen molar-refractivity contribution in [3.8, 4) is 0 Å². The average molecular weight is 563 g/mol. The number of ether oxygens (including phenoxy) is 1. The topological polar surface area (TPSA) is 72.5 Å². The van der Waals surface area contributed by atoms with E-state index in [4.69, 9.17) is 14.8 Å². The third kappa shape index (κ3) is 6.14. The molecule has 0 saturated carbocycles. The average Bonchev–Trinajstić information content (AvgIpc) is 3.35. The first kappa shape index (κ1) is 25.2. The third-order valence-electron chi connectivity index (χ3n) is 5.89. The molecule has 2 aromatic heterocycles. The molecule has 1 aliphatic rings. The van der Waals surface area contributed by atoms with Gasteiger partial charge in [-0.2, -0.15) is 10.2 Å². The van der Waals surface area contributed by atoms with Gasteiger partial charge in [-0.15, -0.1) is 24.0 Å². The molecule has 3 heterocycles. The summed E-state index contributed by atoms with van der Waals surface area (Å²) in [6.45, 7) is 10.7. The molecule has 1 aromatic carbocycles. The fourth-order valence-electron chi connectivity index (χ4n) is 4.10. The molecule has 1 saturated heterocycles. The minimum absolute atomic E-state index is 0. The highest BCUT2D eigenvalue weighted by atomic mass is 127. The highest BCUT2D eigenvalue weighted by molar-refractivity contribution is 14.0. The lowest BCUT2D eigenvalue weighted by Gasteiger charge is -2.34. The molecule has 3 aromatic rings. The van der Waals surface area contributed by atoms with Gasteiger partial charge in [-0.05, 0) is 26.3 Å². The molecule has 0 spiro atoms.